The second kappa shape index (κ2) is 4.86. The molecule has 1 N–H and O–H groups in total. The average Bonchev–Trinajstić information content (AvgIpc) is 2.58. The number of hydrogen-bond donors (Lipinski definition) is 1. The summed E-state index contributed by atoms with van der Waals surface area (Å²) < 4.78 is 0. The lowest BCUT2D eigenvalue weighted by molar-refractivity contribution is 0.183. The van der Waals surface area contributed by atoms with Gasteiger partial charge < -0.3 is 5.32 Å². The fourth-order valence-corrected chi connectivity index (χ4v) is 3.65. The van der Waals surface area contributed by atoms with Crippen molar-refractivity contribution in [3.8, 4) is 0 Å². The van der Waals surface area contributed by atoms with Gasteiger partial charge >= 0.3 is 0 Å². The maximum Gasteiger partial charge on any atom is 0.0121 e. The minimum absolute atomic E-state index is 0.796. The molecule has 0 aromatic heterocycles. The zero-order valence-electron chi connectivity index (χ0n) is 10.6. The van der Waals surface area contributed by atoms with Gasteiger partial charge in [-0.2, -0.15) is 0 Å². The summed E-state index contributed by atoms with van der Waals surface area (Å²) >= 11 is 0. The molecule has 2 aliphatic carbocycles. The Morgan fingerprint density at radius 3 is 1.80 bits per heavy atom. The molecular weight excluding hydrogens is 182 g/mol. The molecule has 2 aliphatic rings. The first kappa shape index (κ1) is 11.4. The van der Waals surface area contributed by atoms with Gasteiger partial charge in [0.15, 0.2) is 0 Å². The smallest absolute Gasteiger partial charge is 0.0121 e. The van der Waals surface area contributed by atoms with Gasteiger partial charge in [0.05, 0.1) is 0 Å². The predicted molar refractivity (Wildman–Crippen MR) is 65.9 cm³/mol. The Bertz CT molecular complexity index is 192. The Balaban J connectivity index is 1.90. The Hall–Kier alpha value is -0.0400. The summed E-state index contributed by atoms with van der Waals surface area (Å²) in [5.41, 5.74) is 0. The van der Waals surface area contributed by atoms with Gasteiger partial charge in [0, 0.05) is 12.1 Å². The minimum Gasteiger partial charge on any atom is -0.310 e. The normalized spacial score (nSPS) is 47.0. The summed E-state index contributed by atoms with van der Waals surface area (Å²) in [7, 11) is 0. The van der Waals surface area contributed by atoms with E-state index < -0.39 is 0 Å². The van der Waals surface area contributed by atoms with E-state index in [-0.39, 0.29) is 0 Å². The van der Waals surface area contributed by atoms with Crippen molar-refractivity contribution < 1.29 is 0 Å². The molecule has 0 saturated heterocycles. The Morgan fingerprint density at radius 1 is 0.733 bits per heavy atom. The second-order valence-corrected chi connectivity index (χ2v) is 6.09. The van der Waals surface area contributed by atoms with Crippen LogP contribution in [0, 0.1) is 17.8 Å². The molecule has 0 radical (unpaired) electrons. The maximum absolute atomic E-state index is 3.97. The van der Waals surface area contributed by atoms with Gasteiger partial charge in [-0.25, -0.2) is 0 Å². The molecule has 0 aromatic carbocycles. The van der Waals surface area contributed by atoms with E-state index in [4.69, 9.17) is 0 Å². The SMILES string of the molecule is CC1CCCC1NC1C(C)CCCC1C. The molecule has 1 heteroatoms. The molecule has 2 saturated carbocycles. The van der Waals surface area contributed by atoms with E-state index in [9.17, 15) is 0 Å². The third-order valence-corrected chi connectivity index (χ3v) is 4.81. The van der Waals surface area contributed by atoms with Gasteiger partial charge in [-0.05, 0) is 43.4 Å². The van der Waals surface area contributed by atoms with Crippen LogP contribution in [0.4, 0.5) is 0 Å². The van der Waals surface area contributed by atoms with E-state index in [1.807, 2.05) is 0 Å². The van der Waals surface area contributed by atoms with Crippen LogP contribution < -0.4 is 5.32 Å². The van der Waals surface area contributed by atoms with Gasteiger partial charge in [0.2, 0.25) is 0 Å². The second-order valence-electron chi connectivity index (χ2n) is 6.09. The summed E-state index contributed by atoms with van der Waals surface area (Å²) in [5, 5.41) is 3.97. The molecule has 0 bridgehead atoms. The third kappa shape index (κ3) is 2.55. The van der Waals surface area contributed by atoms with Crippen LogP contribution >= 0.6 is 0 Å². The van der Waals surface area contributed by atoms with Crippen LogP contribution in [0.5, 0.6) is 0 Å². The van der Waals surface area contributed by atoms with E-state index in [2.05, 4.69) is 26.1 Å². The zero-order chi connectivity index (χ0) is 10.8. The Kier molecular flexibility index (Phi) is 3.71. The van der Waals surface area contributed by atoms with E-state index in [0.29, 0.717) is 0 Å². The van der Waals surface area contributed by atoms with E-state index in [1.165, 1.54) is 38.5 Å². The first-order valence-electron chi connectivity index (χ1n) is 6.94. The van der Waals surface area contributed by atoms with Gasteiger partial charge in [0.25, 0.3) is 0 Å². The first-order chi connectivity index (χ1) is 7.18. The lowest BCUT2D eigenvalue weighted by Crippen LogP contribution is -2.48. The topological polar surface area (TPSA) is 12.0 Å². The van der Waals surface area contributed by atoms with Crippen molar-refractivity contribution in [2.75, 3.05) is 0 Å². The van der Waals surface area contributed by atoms with Crippen molar-refractivity contribution in [1.29, 1.82) is 0 Å². The summed E-state index contributed by atoms with van der Waals surface area (Å²) in [6.45, 7) is 7.29. The highest BCUT2D eigenvalue weighted by molar-refractivity contribution is 4.89. The van der Waals surface area contributed by atoms with Crippen molar-refractivity contribution >= 4 is 0 Å². The molecular formula is C14H27N. The van der Waals surface area contributed by atoms with Crippen molar-refractivity contribution in [3.63, 3.8) is 0 Å². The summed E-state index contributed by atoms with van der Waals surface area (Å²) in [6.07, 6.45) is 8.60. The molecule has 4 unspecified atom stereocenters. The predicted octanol–water partition coefficient (Wildman–Crippen LogP) is 3.59. The molecule has 0 aliphatic heterocycles. The molecule has 0 spiro atoms. The average molecular weight is 209 g/mol. The molecule has 0 heterocycles. The Labute approximate surface area is 95.0 Å². The number of nitrogens with one attached hydrogen (secondary N) is 1. The molecule has 88 valence electrons. The molecule has 1 nitrogen and oxygen atoms in total. The monoisotopic (exact) mass is 209 g/mol. The minimum atomic E-state index is 0.796. The molecule has 2 rings (SSSR count). The van der Waals surface area contributed by atoms with Crippen LogP contribution in [-0.4, -0.2) is 12.1 Å². The highest BCUT2D eigenvalue weighted by Gasteiger charge is 2.32. The first-order valence-corrected chi connectivity index (χ1v) is 6.94. The standard InChI is InChI=1S/C14H27N/c1-10-6-5-9-13(10)15-14-11(2)7-4-8-12(14)3/h10-15H,4-9H2,1-3H3. The van der Waals surface area contributed by atoms with Crippen molar-refractivity contribution in [2.24, 2.45) is 17.8 Å². The maximum atomic E-state index is 3.97. The van der Waals surface area contributed by atoms with Crippen LogP contribution in [0.15, 0.2) is 0 Å². The number of rotatable bonds is 2. The lowest BCUT2D eigenvalue weighted by Gasteiger charge is -2.38. The largest absolute Gasteiger partial charge is 0.310 e. The fraction of sp³-hybridized carbons (Fsp3) is 1.00. The summed E-state index contributed by atoms with van der Waals surface area (Å²) in [6, 6.07) is 1.61. The summed E-state index contributed by atoms with van der Waals surface area (Å²) in [5.74, 6) is 2.69. The highest BCUT2D eigenvalue weighted by atomic mass is 15.0. The van der Waals surface area contributed by atoms with Crippen molar-refractivity contribution in [1.82, 2.24) is 5.32 Å². The lowest BCUT2D eigenvalue weighted by atomic mass is 9.78. The van der Waals surface area contributed by atoms with Crippen LogP contribution in [0.3, 0.4) is 0 Å². The van der Waals surface area contributed by atoms with E-state index in [1.54, 1.807) is 0 Å². The van der Waals surface area contributed by atoms with Crippen LogP contribution in [0.2, 0.25) is 0 Å². The van der Waals surface area contributed by atoms with Crippen LogP contribution in [-0.2, 0) is 0 Å². The van der Waals surface area contributed by atoms with Gasteiger partial charge in [-0.15, -0.1) is 0 Å². The van der Waals surface area contributed by atoms with Gasteiger partial charge in [-0.3, -0.25) is 0 Å². The summed E-state index contributed by atoms with van der Waals surface area (Å²) in [4.78, 5) is 0. The van der Waals surface area contributed by atoms with E-state index in [0.717, 1.165) is 29.8 Å². The molecule has 2 fully saturated rings. The van der Waals surface area contributed by atoms with Crippen molar-refractivity contribution in [2.45, 2.75) is 71.4 Å². The highest BCUT2D eigenvalue weighted by Crippen LogP contribution is 2.32. The van der Waals surface area contributed by atoms with Gasteiger partial charge in [0.1, 0.15) is 0 Å². The quantitative estimate of drug-likeness (QED) is 0.733. The molecule has 0 aromatic rings. The van der Waals surface area contributed by atoms with Crippen LogP contribution in [0.25, 0.3) is 0 Å². The van der Waals surface area contributed by atoms with Crippen LogP contribution in [0.1, 0.15) is 59.3 Å². The molecule has 4 atom stereocenters. The van der Waals surface area contributed by atoms with E-state index >= 15 is 0 Å². The van der Waals surface area contributed by atoms with Gasteiger partial charge in [-0.1, -0.05) is 33.6 Å². The molecule has 15 heavy (non-hydrogen) atoms. The fourth-order valence-electron chi connectivity index (χ4n) is 3.65. The zero-order valence-corrected chi connectivity index (χ0v) is 10.6. The Morgan fingerprint density at radius 2 is 1.27 bits per heavy atom. The van der Waals surface area contributed by atoms with Crippen molar-refractivity contribution in [3.05, 3.63) is 0 Å². The molecule has 0 amide bonds. The third-order valence-electron chi connectivity index (χ3n) is 4.81. The number of hydrogen-bond acceptors (Lipinski definition) is 1.